The number of aromatic nitrogens is 3. The molecule has 0 fully saturated rings. The van der Waals surface area contributed by atoms with E-state index in [1.54, 1.807) is 30.1 Å². The zero-order valence-corrected chi connectivity index (χ0v) is 13.5. The minimum absolute atomic E-state index is 0.158. The van der Waals surface area contributed by atoms with E-state index in [1.807, 2.05) is 26.0 Å². The highest BCUT2D eigenvalue weighted by molar-refractivity contribution is 5.80. The highest BCUT2D eigenvalue weighted by atomic mass is 19.1. The van der Waals surface area contributed by atoms with Crippen LogP contribution in [0.4, 0.5) is 4.39 Å². The number of halogens is 1. The molecule has 1 aromatic carbocycles. The molecule has 4 nitrogen and oxygen atoms in total. The molecule has 120 valence electrons. The maximum absolute atomic E-state index is 13.4. The van der Waals surface area contributed by atoms with E-state index in [-0.39, 0.29) is 11.7 Å². The summed E-state index contributed by atoms with van der Waals surface area (Å²) in [5, 5.41) is 14.4. The molecule has 0 amide bonds. The normalized spacial score (nSPS) is 13.0. The molecule has 0 aliphatic rings. The van der Waals surface area contributed by atoms with Crippen LogP contribution in [0.3, 0.4) is 0 Å². The molecule has 0 saturated heterocycles. The minimum Gasteiger partial charge on any atom is -0.391 e. The number of pyridine rings is 1. The minimum atomic E-state index is -0.463. The summed E-state index contributed by atoms with van der Waals surface area (Å²) < 4.78 is 15.2. The van der Waals surface area contributed by atoms with E-state index in [0.29, 0.717) is 12.1 Å². The first-order chi connectivity index (χ1) is 11.0. The Kier molecular flexibility index (Phi) is 4.13. The average molecular weight is 313 g/mol. The van der Waals surface area contributed by atoms with Crippen molar-refractivity contribution in [1.82, 2.24) is 14.8 Å². The zero-order valence-electron chi connectivity index (χ0n) is 13.5. The first kappa shape index (κ1) is 15.6. The van der Waals surface area contributed by atoms with E-state index in [1.165, 1.54) is 6.07 Å². The molecule has 0 bridgehead atoms. The molecule has 0 aliphatic carbocycles. The quantitative estimate of drug-likeness (QED) is 0.801. The van der Waals surface area contributed by atoms with Gasteiger partial charge in [-0.2, -0.15) is 5.10 Å². The number of aryl methyl sites for hydroxylation is 1. The van der Waals surface area contributed by atoms with Gasteiger partial charge in [-0.1, -0.05) is 19.9 Å². The summed E-state index contributed by atoms with van der Waals surface area (Å²) in [7, 11) is 0. The Labute approximate surface area is 134 Å². The van der Waals surface area contributed by atoms with Gasteiger partial charge in [-0.15, -0.1) is 0 Å². The second kappa shape index (κ2) is 6.08. The summed E-state index contributed by atoms with van der Waals surface area (Å²) in [4.78, 5) is 4.42. The van der Waals surface area contributed by atoms with Gasteiger partial charge in [0, 0.05) is 11.8 Å². The van der Waals surface area contributed by atoms with Crippen LogP contribution in [-0.2, 0) is 6.54 Å². The van der Waals surface area contributed by atoms with Gasteiger partial charge in [0.05, 0.1) is 24.4 Å². The van der Waals surface area contributed by atoms with E-state index >= 15 is 0 Å². The lowest BCUT2D eigenvalue weighted by Gasteiger charge is -2.15. The third kappa shape index (κ3) is 3.10. The second-order valence-electron chi connectivity index (χ2n) is 6.23. The number of aliphatic hydroxyl groups excluding tert-OH is 1. The van der Waals surface area contributed by atoms with Crippen molar-refractivity contribution >= 4 is 11.0 Å². The molecule has 5 heteroatoms. The van der Waals surface area contributed by atoms with Crippen LogP contribution in [0.1, 0.15) is 19.4 Å². The smallest absolute Gasteiger partial charge is 0.126 e. The molecule has 1 N–H and O–H groups in total. The number of hydrogen-bond donors (Lipinski definition) is 1. The van der Waals surface area contributed by atoms with Crippen molar-refractivity contribution in [3.63, 3.8) is 0 Å². The molecule has 1 unspecified atom stereocenters. The fraction of sp³-hybridized carbons (Fsp3) is 0.333. The van der Waals surface area contributed by atoms with Gasteiger partial charge >= 0.3 is 0 Å². The lowest BCUT2D eigenvalue weighted by molar-refractivity contribution is 0.104. The van der Waals surface area contributed by atoms with Gasteiger partial charge in [0.2, 0.25) is 0 Å². The Morgan fingerprint density at radius 2 is 1.96 bits per heavy atom. The number of aliphatic hydroxyl groups is 1. The van der Waals surface area contributed by atoms with Crippen LogP contribution < -0.4 is 0 Å². The summed E-state index contributed by atoms with van der Waals surface area (Å²) >= 11 is 0. The molecule has 0 saturated carbocycles. The fourth-order valence-electron chi connectivity index (χ4n) is 2.47. The highest BCUT2D eigenvalue weighted by Crippen LogP contribution is 2.24. The molecule has 0 aliphatic heterocycles. The summed E-state index contributed by atoms with van der Waals surface area (Å²) in [6.45, 7) is 6.12. The molecular formula is C18H20FN3O. The summed E-state index contributed by atoms with van der Waals surface area (Å²) in [5.41, 5.74) is 4.07. The molecule has 3 rings (SSSR count). The van der Waals surface area contributed by atoms with E-state index in [4.69, 9.17) is 0 Å². The number of nitrogens with zero attached hydrogens (tertiary/aromatic N) is 3. The Morgan fingerprint density at radius 3 is 2.65 bits per heavy atom. The van der Waals surface area contributed by atoms with Crippen LogP contribution in [0.25, 0.3) is 22.2 Å². The third-order valence-electron chi connectivity index (χ3n) is 4.12. The molecule has 23 heavy (non-hydrogen) atoms. The standard InChI is InChI=1S/C18H20FN3O/c1-11(2)18(23)10-22-17-7-14(8-20-16(17)9-21-22)13-4-5-15(19)12(3)6-13/h4-9,11,18,23H,10H2,1-3H3. The molecule has 2 heterocycles. The number of hydrogen-bond acceptors (Lipinski definition) is 3. The van der Waals surface area contributed by atoms with E-state index in [0.717, 1.165) is 22.2 Å². The summed E-state index contributed by atoms with van der Waals surface area (Å²) in [6, 6.07) is 7.00. The highest BCUT2D eigenvalue weighted by Gasteiger charge is 2.13. The first-order valence-electron chi connectivity index (χ1n) is 7.72. The predicted octanol–water partition coefficient (Wildman–Crippen LogP) is 3.56. The molecule has 1 atom stereocenters. The Hall–Kier alpha value is -2.27. The van der Waals surface area contributed by atoms with Crippen LogP contribution in [0.5, 0.6) is 0 Å². The van der Waals surface area contributed by atoms with Crippen LogP contribution in [0.2, 0.25) is 0 Å². The number of benzene rings is 1. The third-order valence-corrected chi connectivity index (χ3v) is 4.12. The Balaban J connectivity index is 2.01. The molecular weight excluding hydrogens is 293 g/mol. The average Bonchev–Trinajstić information content (AvgIpc) is 2.92. The van der Waals surface area contributed by atoms with Gasteiger partial charge in [0.15, 0.2) is 0 Å². The van der Waals surface area contributed by atoms with Crippen molar-refractivity contribution in [3.05, 3.63) is 48.0 Å². The predicted molar refractivity (Wildman–Crippen MR) is 88.5 cm³/mol. The van der Waals surface area contributed by atoms with Crippen LogP contribution in [-0.4, -0.2) is 26.0 Å². The topological polar surface area (TPSA) is 50.9 Å². The fourth-order valence-corrected chi connectivity index (χ4v) is 2.47. The van der Waals surface area contributed by atoms with Crippen molar-refractivity contribution in [2.24, 2.45) is 5.92 Å². The van der Waals surface area contributed by atoms with E-state index in [9.17, 15) is 9.50 Å². The van der Waals surface area contributed by atoms with Crippen molar-refractivity contribution < 1.29 is 9.50 Å². The van der Waals surface area contributed by atoms with Gasteiger partial charge in [0.25, 0.3) is 0 Å². The van der Waals surface area contributed by atoms with E-state index < -0.39 is 6.10 Å². The van der Waals surface area contributed by atoms with Gasteiger partial charge in [-0.25, -0.2) is 4.39 Å². The van der Waals surface area contributed by atoms with Gasteiger partial charge in [0.1, 0.15) is 11.3 Å². The first-order valence-corrected chi connectivity index (χ1v) is 7.72. The van der Waals surface area contributed by atoms with Gasteiger partial charge in [-0.3, -0.25) is 9.67 Å². The SMILES string of the molecule is Cc1cc(-c2cnc3cnn(CC(O)C(C)C)c3c2)ccc1F. The van der Waals surface area contributed by atoms with Crippen molar-refractivity contribution in [3.8, 4) is 11.1 Å². The van der Waals surface area contributed by atoms with Crippen LogP contribution >= 0.6 is 0 Å². The molecule has 0 spiro atoms. The van der Waals surface area contributed by atoms with Gasteiger partial charge in [-0.05, 0) is 42.2 Å². The molecule has 3 aromatic rings. The largest absolute Gasteiger partial charge is 0.391 e. The number of rotatable bonds is 4. The summed E-state index contributed by atoms with van der Waals surface area (Å²) in [6.07, 6.45) is 3.00. The van der Waals surface area contributed by atoms with E-state index in [2.05, 4.69) is 10.1 Å². The number of fused-ring (bicyclic) bond motifs is 1. The van der Waals surface area contributed by atoms with Crippen molar-refractivity contribution in [2.45, 2.75) is 33.4 Å². The molecule has 0 radical (unpaired) electrons. The zero-order chi connectivity index (χ0) is 16.6. The van der Waals surface area contributed by atoms with Crippen LogP contribution in [0, 0.1) is 18.7 Å². The Morgan fingerprint density at radius 1 is 1.17 bits per heavy atom. The van der Waals surface area contributed by atoms with Crippen molar-refractivity contribution in [2.75, 3.05) is 0 Å². The monoisotopic (exact) mass is 313 g/mol. The second-order valence-corrected chi connectivity index (χ2v) is 6.23. The lowest BCUT2D eigenvalue weighted by atomic mass is 10.0. The van der Waals surface area contributed by atoms with Gasteiger partial charge < -0.3 is 5.11 Å². The maximum atomic E-state index is 13.4. The maximum Gasteiger partial charge on any atom is 0.126 e. The summed E-state index contributed by atoms with van der Waals surface area (Å²) in [5.74, 6) is -0.0574. The van der Waals surface area contributed by atoms with Crippen LogP contribution in [0.15, 0.2) is 36.7 Å². The molecule has 2 aromatic heterocycles. The lowest BCUT2D eigenvalue weighted by Crippen LogP contribution is -2.22. The van der Waals surface area contributed by atoms with Crippen molar-refractivity contribution in [1.29, 1.82) is 0 Å². The Bertz CT molecular complexity index is 841.